The highest BCUT2D eigenvalue weighted by molar-refractivity contribution is 5.85. The van der Waals surface area contributed by atoms with Crippen molar-refractivity contribution in [3.63, 3.8) is 0 Å². The third kappa shape index (κ3) is 3.95. The van der Waals surface area contributed by atoms with Gasteiger partial charge in [-0.3, -0.25) is 4.90 Å². The highest BCUT2D eigenvalue weighted by Crippen LogP contribution is 2.15. The first-order valence-corrected chi connectivity index (χ1v) is 6.29. The summed E-state index contributed by atoms with van der Waals surface area (Å²) >= 11 is 0. The third-order valence-electron chi connectivity index (χ3n) is 3.38. The van der Waals surface area contributed by atoms with E-state index in [1.54, 1.807) is 0 Å². The Morgan fingerprint density at radius 1 is 1.39 bits per heavy atom. The smallest absolute Gasteiger partial charge is 0.0824 e. The van der Waals surface area contributed by atoms with Crippen LogP contribution in [0, 0.1) is 13.8 Å². The van der Waals surface area contributed by atoms with Crippen LogP contribution in [0.15, 0.2) is 18.2 Å². The van der Waals surface area contributed by atoms with Crippen LogP contribution in [-0.4, -0.2) is 37.2 Å². The van der Waals surface area contributed by atoms with Crippen LogP contribution in [0.1, 0.15) is 16.7 Å². The lowest BCUT2D eigenvalue weighted by Crippen LogP contribution is -2.45. The molecule has 0 aliphatic carbocycles. The Balaban J connectivity index is 0.00000162. The number of rotatable bonds is 3. The number of ether oxygens (including phenoxy) is 1. The molecule has 1 saturated heterocycles. The van der Waals surface area contributed by atoms with Crippen molar-refractivity contribution in [1.29, 1.82) is 0 Å². The van der Waals surface area contributed by atoms with Gasteiger partial charge >= 0.3 is 0 Å². The molecule has 0 saturated carbocycles. The number of hydrogen-bond donors (Lipinski definition) is 1. The standard InChI is InChI=1S/C14H22N2O.ClH/c1-11-3-4-12(2)13(7-11)9-16-5-6-17-14(8-15)10-16;/h3-4,7,14H,5-6,8-10,15H2,1-2H3;1H. The van der Waals surface area contributed by atoms with Crippen LogP contribution in [0.25, 0.3) is 0 Å². The summed E-state index contributed by atoms with van der Waals surface area (Å²) in [4.78, 5) is 2.43. The molecule has 1 aliphatic heterocycles. The van der Waals surface area contributed by atoms with Gasteiger partial charge in [0.15, 0.2) is 0 Å². The molecule has 1 fully saturated rings. The maximum absolute atomic E-state index is 5.66. The fourth-order valence-electron chi connectivity index (χ4n) is 2.28. The molecule has 1 aromatic carbocycles. The molecule has 3 nitrogen and oxygen atoms in total. The summed E-state index contributed by atoms with van der Waals surface area (Å²) in [6, 6.07) is 6.65. The molecule has 2 N–H and O–H groups in total. The minimum atomic E-state index is 0. The highest BCUT2D eigenvalue weighted by Gasteiger charge is 2.19. The minimum absolute atomic E-state index is 0. The molecule has 1 atom stereocenters. The van der Waals surface area contributed by atoms with Crippen LogP contribution in [-0.2, 0) is 11.3 Å². The molecule has 1 aliphatic rings. The number of aryl methyl sites for hydroxylation is 2. The lowest BCUT2D eigenvalue weighted by molar-refractivity contribution is -0.0261. The van der Waals surface area contributed by atoms with Crippen molar-refractivity contribution < 1.29 is 4.74 Å². The number of hydrogen-bond acceptors (Lipinski definition) is 3. The zero-order valence-corrected chi connectivity index (χ0v) is 12.0. The zero-order chi connectivity index (χ0) is 12.3. The van der Waals surface area contributed by atoms with Crippen molar-refractivity contribution in [3.05, 3.63) is 34.9 Å². The summed E-state index contributed by atoms with van der Waals surface area (Å²) in [5.41, 5.74) is 9.78. The molecule has 1 aromatic rings. The van der Waals surface area contributed by atoms with E-state index < -0.39 is 0 Å². The van der Waals surface area contributed by atoms with Crippen molar-refractivity contribution in [2.45, 2.75) is 26.5 Å². The van der Waals surface area contributed by atoms with E-state index in [-0.39, 0.29) is 18.5 Å². The number of morpholine rings is 1. The molecule has 1 heterocycles. The number of halogens is 1. The molecule has 0 amide bonds. The van der Waals surface area contributed by atoms with Gasteiger partial charge in [0, 0.05) is 26.2 Å². The first-order valence-electron chi connectivity index (χ1n) is 6.29. The van der Waals surface area contributed by atoms with Gasteiger partial charge in [-0.2, -0.15) is 0 Å². The molecule has 2 rings (SSSR count). The maximum Gasteiger partial charge on any atom is 0.0824 e. The van der Waals surface area contributed by atoms with E-state index in [0.717, 1.165) is 26.2 Å². The summed E-state index contributed by atoms with van der Waals surface area (Å²) in [5, 5.41) is 0. The van der Waals surface area contributed by atoms with Crippen LogP contribution < -0.4 is 5.73 Å². The van der Waals surface area contributed by atoms with E-state index >= 15 is 0 Å². The Hall–Kier alpha value is -0.610. The molecule has 0 spiro atoms. The van der Waals surface area contributed by atoms with E-state index in [2.05, 4.69) is 36.9 Å². The molecule has 4 heteroatoms. The van der Waals surface area contributed by atoms with E-state index in [1.807, 2.05) is 0 Å². The first kappa shape index (κ1) is 15.4. The summed E-state index contributed by atoms with van der Waals surface area (Å²) in [7, 11) is 0. The fraction of sp³-hybridized carbons (Fsp3) is 0.571. The van der Waals surface area contributed by atoms with Gasteiger partial charge in [-0.15, -0.1) is 12.4 Å². The summed E-state index contributed by atoms with van der Waals surface area (Å²) in [6.45, 7) is 8.69. The number of nitrogens with zero attached hydrogens (tertiary/aromatic N) is 1. The van der Waals surface area contributed by atoms with Crippen LogP contribution in [0.2, 0.25) is 0 Å². The highest BCUT2D eigenvalue weighted by atomic mass is 35.5. The van der Waals surface area contributed by atoms with E-state index in [9.17, 15) is 0 Å². The average molecular weight is 271 g/mol. The van der Waals surface area contributed by atoms with E-state index in [4.69, 9.17) is 10.5 Å². The van der Waals surface area contributed by atoms with Gasteiger partial charge in [-0.25, -0.2) is 0 Å². The second-order valence-electron chi connectivity index (χ2n) is 4.89. The molecule has 0 bridgehead atoms. The lowest BCUT2D eigenvalue weighted by Gasteiger charge is -2.32. The molecule has 18 heavy (non-hydrogen) atoms. The van der Waals surface area contributed by atoms with Crippen molar-refractivity contribution >= 4 is 12.4 Å². The molecule has 0 radical (unpaired) electrons. The second-order valence-corrected chi connectivity index (χ2v) is 4.89. The van der Waals surface area contributed by atoms with E-state index in [1.165, 1.54) is 16.7 Å². The zero-order valence-electron chi connectivity index (χ0n) is 11.2. The third-order valence-corrected chi connectivity index (χ3v) is 3.38. The Bertz CT molecular complexity index is 384. The van der Waals surface area contributed by atoms with Crippen LogP contribution in [0.4, 0.5) is 0 Å². The maximum atomic E-state index is 5.66. The van der Waals surface area contributed by atoms with Crippen molar-refractivity contribution in [2.75, 3.05) is 26.2 Å². The van der Waals surface area contributed by atoms with Crippen LogP contribution in [0.3, 0.4) is 0 Å². The van der Waals surface area contributed by atoms with Gasteiger partial charge in [-0.1, -0.05) is 23.8 Å². The van der Waals surface area contributed by atoms with Gasteiger partial charge in [0.1, 0.15) is 0 Å². The quantitative estimate of drug-likeness (QED) is 0.912. The van der Waals surface area contributed by atoms with Crippen LogP contribution >= 0.6 is 12.4 Å². The van der Waals surface area contributed by atoms with Crippen molar-refractivity contribution in [3.8, 4) is 0 Å². The van der Waals surface area contributed by atoms with Crippen molar-refractivity contribution in [2.24, 2.45) is 5.73 Å². The van der Waals surface area contributed by atoms with Crippen molar-refractivity contribution in [1.82, 2.24) is 4.90 Å². The first-order chi connectivity index (χ1) is 8.19. The summed E-state index contributed by atoms with van der Waals surface area (Å²) < 4.78 is 5.58. The SMILES string of the molecule is Cc1ccc(C)c(CN2CCOC(CN)C2)c1.Cl. The monoisotopic (exact) mass is 270 g/mol. The van der Waals surface area contributed by atoms with Gasteiger partial charge in [0.25, 0.3) is 0 Å². The minimum Gasteiger partial charge on any atom is -0.374 e. The van der Waals surface area contributed by atoms with Gasteiger partial charge in [-0.05, 0) is 25.0 Å². The van der Waals surface area contributed by atoms with Gasteiger partial charge in [0.2, 0.25) is 0 Å². The molecular weight excluding hydrogens is 248 g/mol. The largest absolute Gasteiger partial charge is 0.374 e. The number of nitrogens with two attached hydrogens (primary N) is 1. The number of benzene rings is 1. The molecule has 102 valence electrons. The average Bonchev–Trinajstić information content (AvgIpc) is 2.34. The Morgan fingerprint density at radius 2 is 2.17 bits per heavy atom. The fourth-order valence-corrected chi connectivity index (χ4v) is 2.28. The second kappa shape index (κ2) is 7.10. The summed E-state index contributed by atoms with van der Waals surface area (Å²) in [5.74, 6) is 0. The Morgan fingerprint density at radius 3 is 2.89 bits per heavy atom. The molecular formula is C14H23ClN2O. The summed E-state index contributed by atoms with van der Waals surface area (Å²) in [6.07, 6.45) is 0.203. The van der Waals surface area contributed by atoms with Crippen LogP contribution in [0.5, 0.6) is 0 Å². The predicted molar refractivity (Wildman–Crippen MR) is 77.2 cm³/mol. The molecule has 1 unspecified atom stereocenters. The topological polar surface area (TPSA) is 38.5 Å². The van der Waals surface area contributed by atoms with E-state index in [0.29, 0.717) is 6.54 Å². The lowest BCUT2D eigenvalue weighted by atomic mass is 10.0. The predicted octanol–water partition coefficient (Wildman–Crippen LogP) is 1.88. The molecule has 0 aromatic heterocycles. The van der Waals surface area contributed by atoms with Gasteiger partial charge < -0.3 is 10.5 Å². The Kier molecular flexibility index (Phi) is 6.09. The normalized spacial score (nSPS) is 20.5. The Labute approximate surface area is 116 Å². The van der Waals surface area contributed by atoms with Gasteiger partial charge in [0.05, 0.1) is 12.7 Å².